The van der Waals surface area contributed by atoms with Crippen LogP contribution in [0.15, 0.2) is 53.4 Å². The Balaban J connectivity index is 1.85. The highest BCUT2D eigenvalue weighted by Crippen LogP contribution is 2.27. The first-order valence-corrected chi connectivity index (χ1v) is 10.7. The zero-order chi connectivity index (χ0) is 20.3. The van der Waals surface area contributed by atoms with Gasteiger partial charge in [0.05, 0.1) is 4.90 Å². The first-order valence-electron chi connectivity index (χ1n) is 9.29. The van der Waals surface area contributed by atoms with E-state index >= 15 is 0 Å². The number of amides is 1. The first-order chi connectivity index (χ1) is 13.3. The summed E-state index contributed by atoms with van der Waals surface area (Å²) in [6.45, 7) is 3.65. The highest BCUT2D eigenvalue weighted by molar-refractivity contribution is 7.89. The topological polar surface area (TPSA) is 83.6 Å². The van der Waals surface area contributed by atoms with Gasteiger partial charge in [0.1, 0.15) is 6.04 Å². The molecule has 6 nitrogen and oxygen atoms in total. The van der Waals surface area contributed by atoms with Crippen LogP contribution in [0.5, 0.6) is 0 Å². The van der Waals surface area contributed by atoms with Crippen molar-refractivity contribution in [3.8, 4) is 0 Å². The number of sulfonamides is 1. The molecule has 1 unspecified atom stereocenters. The van der Waals surface area contributed by atoms with E-state index in [2.05, 4.69) is 5.32 Å². The van der Waals surface area contributed by atoms with Crippen LogP contribution in [0.4, 0.5) is 5.69 Å². The number of nitrogens with one attached hydrogen (secondary N) is 1. The highest BCUT2D eigenvalue weighted by Gasteiger charge is 2.37. The number of piperidine rings is 1. The van der Waals surface area contributed by atoms with Gasteiger partial charge >= 0.3 is 0 Å². The van der Waals surface area contributed by atoms with E-state index < -0.39 is 16.1 Å². The van der Waals surface area contributed by atoms with Crippen molar-refractivity contribution in [2.24, 2.45) is 0 Å². The van der Waals surface area contributed by atoms with Crippen molar-refractivity contribution in [1.82, 2.24) is 4.31 Å². The van der Waals surface area contributed by atoms with Crippen LogP contribution in [-0.4, -0.2) is 37.0 Å². The van der Waals surface area contributed by atoms with E-state index in [0.29, 0.717) is 30.6 Å². The molecule has 1 N–H and O–H groups in total. The molecular formula is C21H24N2O4S. The summed E-state index contributed by atoms with van der Waals surface area (Å²) in [7, 11) is -3.84. The van der Waals surface area contributed by atoms with Crippen LogP contribution in [0.2, 0.25) is 0 Å². The summed E-state index contributed by atoms with van der Waals surface area (Å²) in [5, 5.41) is 2.84. The second kappa shape index (κ2) is 8.24. The summed E-state index contributed by atoms with van der Waals surface area (Å²) in [4.78, 5) is 24.4. The van der Waals surface area contributed by atoms with E-state index in [1.54, 1.807) is 6.07 Å². The largest absolute Gasteiger partial charge is 0.325 e. The monoisotopic (exact) mass is 400 g/mol. The third-order valence-electron chi connectivity index (χ3n) is 4.91. The van der Waals surface area contributed by atoms with Gasteiger partial charge in [0.2, 0.25) is 15.9 Å². The minimum Gasteiger partial charge on any atom is -0.325 e. The van der Waals surface area contributed by atoms with Crippen LogP contribution < -0.4 is 5.32 Å². The number of rotatable bonds is 5. The second-order valence-corrected chi connectivity index (χ2v) is 8.96. The fourth-order valence-corrected chi connectivity index (χ4v) is 5.06. The lowest BCUT2D eigenvalue weighted by molar-refractivity contribution is -0.120. The number of hydrogen-bond donors (Lipinski definition) is 1. The second-order valence-electron chi connectivity index (χ2n) is 7.07. The molecule has 0 spiro atoms. The Hall–Kier alpha value is -2.51. The summed E-state index contributed by atoms with van der Waals surface area (Å²) in [6, 6.07) is 12.5. The van der Waals surface area contributed by atoms with Crippen LogP contribution in [0.1, 0.15) is 42.1 Å². The molecule has 148 valence electrons. The van der Waals surface area contributed by atoms with Crippen LogP contribution >= 0.6 is 0 Å². The van der Waals surface area contributed by atoms with Crippen molar-refractivity contribution in [2.45, 2.75) is 44.0 Å². The van der Waals surface area contributed by atoms with Crippen molar-refractivity contribution in [3.05, 3.63) is 59.7 Å². The van der Waals surface area contributed by atoms with Crippen LogP contribution in [-0.2, 0) is 14.8 Å². The van der Waals surface area contributed by atoms with Gasteiger partial charge < -0.3 is 5.32 Å². The maximum atomic E-state index is 13.2. The van der Waals surface area contributed by atoms with Crippen LogP contribution in [0.3, 0.4) is 0 Å². The van der Waals surface area contributed by atoms with Gasteiger partial charge in [0.15, 0.2) is 5.78 Å². The lowest BCUT2D eigenvalue weighted by Gasteiger charge is -2.33. The van der Waals surface area contributed by atoms with Gasteiger partial charge in [0.25, 0.3) is 0 Å². The normalized spacial score (nSPS) is 17.9. The van der Waals surface area contributed by atoms with Gasteiger partial charge in [-0.15, -0.1) is 0 Å². The third-order valence-corrected chi connectivity index (χ3v) is 6.83. The first kappa shape index (κ1) is 20.2. The number of nitrogens with zero attached hydrogens (tertiary/aromatic N) is 1. The van der Waals surface area contributed by atoms with E-state index in [4.69, 9.17) is 0 Å². The Bertz CT molecular complexity index is 984. The molecule has 28 heavy (non-hydrogen) atoms. The summed E-state index contributed by atoms with van der Waals surface area (Å²) in [6.07, 6.45) is 1.97. The van der Waals surface area contributed by atoms with E-state index in [1.165, 1.54) is 35.5 Å². The van der Waals surface area contributed by atoms with Gasteiger partial charge in [-0.05, 0) is 56.5 Å². The van der Waals surface area contributed by atoms with E-state index in [-0.39, 0.29) is 16.6 Å². The molecule has 1 aliphatic heterocycles. The Labute approximate surface area is 165 Å². The Morgan fingerprint density at radius 1 is 1.07 bits per heavy atom. The van der Waals surface area contributed by atoms with E-state index in [0.717, 1.165) is 12.0 Å². The van der Waals surface area contributed by atoms with Gasteiger partial charge in [-0.25, -0.2) is 8.42 Å². The number of carbonyl (C=O) groups excluding carboxylic acids is 2. The molecule has 1 heterocycles. The minimum atomic E-state index is -3.84. The summed E-state index contributed by atoms with van der Waals surface area (Å²) in [5.41, 5.74) is 2.11. The number of anilines is 1. The quantitative estimate of drug-likeness (QED) is 0.780. The molecule has 0 saturated carbocycles. The number of benzene rings is 2. The summed E-state index contributed by atoms with van der Waals surface area (Å²) in [5.74, 6) is -0.452. The van der Waals surface area contributed by atoms with Crippen molar-refractivity contribution < 1.29 is 18.0 Å². The minimum absolute atomic E-state index is 0.0905. The van der Waals surface area contributed by atoms with Crippen molar-refractivity contribution >= 4 is 27.4 Å². The lowest BCUT2D eigenvalue weighted by atomic mass is 10.0. The Morgan fingerprint density at radius 3 is 2.43 bits per heavy atom. The van der Waals surface area contributed by atoms with Crippen molar-refractivity contribution in [1.29, 1.82) is 0 Å². The fraction of sp³-hybridized carbons (Fsp3) is 0.333. The molecule has 0 aliphatic carbocycles. The van der Waals surface area contributed by atoms with Crippen molar-refractivity contribution in [3.63, 3.8) is 0 Å². The molecule has 1 atom stereocenters. The average molecular weight is 400 g/mol. The number of Topliss-reactive ketones (excluding diaryl/α,β-unsaturated/α-hetero) is 1. The zero-order valence-corrected chi connectivity index (χ0v) is 16.8. The third kappa shape index (κ3) is 4.31. The molecule has 0 aromatic heterocycles. The van der Waals surface area contributed by atoms with Gasteiger partial charge in [-0.2, -0.15) is 4.31 Å². The lowest BCUT2D eigenvalue weighted by Crippen LogP contribution is -2.49. The van der Waals surface area contributed by atoms with Gasteiger partial charge in [0, 0.05) is 17.8 Å². The molecule has 1 aliphatic rings. The molecule has 0 radical (unpaired) electrons. The smallest absolute Gasteiger partial charge is 0.243 e. The average Bonchev–Trinajstić information content (AvgIpc) is 2.68. The molecule has 7 heteroatoms. The summed E-state index contributed by atoms with van der Waals surface area (Å²) < 4.78 is 27.6. The molecule has 1 saturated heterocycles. The Morgan fingerprint density at radius 2 is 1.79 bits per heavy atom. The van der Waals surface area contributed by atoms with Crippen LogP contribution in [0, 0.1) is 6.92 Å². The standard InChI is InChI=1S/C21H24N2O4S/c1-15-6-5-7-18(14-15)22-21(25)20-8-3-4-13-23(20)28(26,27)19-11-9-17(10-12-19)16(2)24/h5-7,9-12,14,20H,3-4,8,13H2,1-2H3,(H,22,25). The summed E-state index contributed by atoms with van der Waals surface area (Å²) >= 11 is 0. The number of hydrogen-bond acceptors (Lipinski definition) is 4. The van der Waals surface area contributed by atoms with Crippen LogP contribution in [0.25, 0.3) is 0 Å². The van der Waals surface area contributed by atoms with E-state index in [9.17, 15) is 18.0 Å². The Kier molecular flexibility index (Phi) is 5.96. The van der Waals surface area contributed by atoms with Crippen molar-refractivity contribution in [2.75, 3.05) is 11.9 Å². The van der Waals surface area contributed by atoms with Gasteiger partial charge in [-0.1, -0.05) is 30.7 Å². The predicted molar refractivity (Wildman–Crippen MR) is 108 cm³/mol. The molecule has 2 aromatic rings. The number of ketones is 1. The molecule has 1 fully saturated rings. The molecule has 3 rings (SSSR count). The maximum Gasteiger partial charge on any atom is 0.243 e. The predicted octanol–water partition coefficient (Wildman–Crippen LogP) is 3.38. The zero-order valence-electron chi connectivity index (χ0n) is 16.0. The number of carbonyl (C=O) groups is 2. The highest BCUT2D eigenvalue weighted by atomic mass is 32.2. The maximum absolute atomic E-state index is 13.2. The van der Waals surface area contributed by atoms with E-state index in [1.807, 2.05) is 25.1 Å². The molecule has 1 amide bonds. The SMILES string of the molecule is CC(=O)c1ccc(S(=O)(=O)N2CCCCC2C(=O)Nc2cccc(C)c2)cc1. The molecule has 0 bridgehead atoms. The molecular weight excluding hydrogens is 376 g/mol. The number of aryl methyl sites for hydroxylation is 1. The molecule has 2 aromatic carbocycles. The van der Waals surface area contributed by atoms with Gasteiger partial charge in [-0.3, -0.25) is 9.59 Å². The fourth-order valence-electron chi connectivity index (χ4n) is 3.40.